The maximum absolute atomic E-state index is 11.6. The zero-order chi connectivity index (χ0) is 14.8. The zero-order valence-corrected chi connectivity index (χ0v) is 12.3. The lowest BCUT2D eigenvalue weighted by molar-refractivity contribution is -1.23. The van der Waals surface area contributed by atoms with Crippen molar-refractivity contribution >= 4 is 6.03 Å². The Bertz CT molecular complexity index is 396. The molecule has 0 aromatic carbocycles. The van der Waals surface area contributed by atoms with Crippen molar-refractivity contribution in [1.29, 1.82) is 0 Å². The Morgan fingerprint density at radius 3 is 2.65 bits per heavy atom. The van der Waals surface area contributed by atoms with Crippen LogP contribution in [-0.4, -0.2) is 50.2 Å². The van der Waals surface area contributed by atoms with Gasteiger partial charge in [-0.1, -0.05) is 6.07 Å². The van der Waals surface area contributed by atoms with Gasteiger partial charge >= 0.3 is 6.03 Å². The summed E-state index contributed by atoms with van der Waals surface area (Å²) in [7, 11) is 4.97. The number of hydrogen-bond acceptors (Lipinski definition) is 4. The zero-order valence-electron chi connectivity index (χ0n) is 12.3. The van der Waals surface area contributed by atoms with Gasteiger partial charge in [0.25, 0.3) is 0 Å². The molecule has 1 aromatic heterocycles. The van der Waals surface area contributed by atoms with E-state index in [9.17, 15) is 4.79 Å². The van der Waals surface area contributed by atoms with Crippen LogP contribution in [0.25, 0.3) is 0 Å². The predicted molar refractivity (Wildman–Crippen MR) is 74.2 cm³/mol. The smallest absolute Gasteiger partial charge is 0.315 e. The molecule has 0 radical (unpaired) electrons. The van der Waals surface area contributed by atoms with Gasteiger partial charge in [-0.05, 0) is 16.9 Å². The van der Waals surface area contributed by atoms with Crippen molar-refractivity contribution in [2.75, 3.05) is 34.4 Å². The summed E-state index contributed by atoms with van der Waals surface area (Å²) in [6.07, 6.45) is 2.44. The summed E-state index contributed by atoms with van der Waals surface area (Å²) in [6.45, 7) is 1.61. The number of amides is 2. The molecular weight excluding hydrogens is 260 g/mol. The monoisotopic (exact) mass is 283 g/mol. The molecule has 0 bridgehead atoms. The van der Waals surface area contributed by atoms with Gasteiger partial charge in [0.05, 0.1) is 26.5 Å². The van der Waals surface area contributed by atoms with E-state index in [4.69, 9.17) is 9.68 Å². The molecule has 0 spiro atoms. The molecule has 2 N–H and O–H groups in total. The third-order valence-corrected chi connectivity index (χ3v) is 2.96. The highest BCUT2D eigenvalue weighted by Crippen LogP contribution is 2.03. The Morgan fingerprint density at radius 2 is 2.05 bits per heavy atom. The van der Waals surface area contributed by atoms with Crippen LogP contribution in [0.4, 0.5) is 4.79 Å². The normalized spacial score (nSPS) is 11.2. The van der Waals surface area contributed by atoms with E-state index in [1.807, 2.05) is 18.2 Å². The molecule has 0 aliphatic carbocycles. The molecule has 1 rings (SSSR count). The van der Waals surface area contributed by atoms with Crippen molar-refractivity contribution in [3.63, 3.8) is 0 Å². The van der Waals surface area contributed by atoms with Crippen molar-refractivity contribution in [3.8, 4) is 0 Å². The summed E-state index contributed by atoms with van der Waals surface area (Å²) in [5.41, 5.74) is 0.825. The van der Waals surface area contributed by atoms with Gasteiger partial charge in [-0.3, -0.25) is 4.98 Å². The van der Waals surface area contributed by atoms with E-state index in [2.05, 4.69) is 15.6 Å². The van der Waals surface area contributed by atoms with Gasteiger partial charge < -0.3 is 10.6 Å². The Labute approximate surface area is 119 Å². The first-order chi connectivity index (χ1) is 9.59. The fourth-order valence-electron chi connectivity index (χ4n) is 1.56. The summed E-state index contributed by atoms with van der Waals surface area (Å²) in [4.78, 5) is 26.1. The molecule has 112 valence electrons. The number of hydrogen-bond donors (Lipinski definition) is 2. The SMILES string of the molecule is CO[N+](C)(CCCNC(=O)NCc1ccccn1)OC. The predicted octanol–water partition coefficient (Wildman–Crippen LogP) is 0.840. The summed E-state index contributed by atoms with van der Waals surface area (Å²) < 4.78 is 0. The lowest BCUT2D eigenvalue weighted by Gasteiger charge is -2.25. The van der Waals surface area contributed by atoms with Crippen molar-refractivity contribution < 1.29 is 19.3 Å². The van der Waals surface area contributed by atoms with Crippen molar-refractivity contribution in [2.45, 2.75) is 13.0 Å². The van der Waals surface area contributed by atoms with E-state index < -0.39 is 0 Å². The molecule has 0 aliphatic heterocycles. The molecule has 0 unspecified atom stereocenters. The van der Waals surface area contributed by atoms with Gasteiger partial charge in [-0.15, -0.1) is 0 Å². The molecule has 1 heterocycles. The Balaban J connectivity index is 2.15. The second-order valence-electron chi connectivity index (χ2n) is 4.39. The maximum atomic E-state index is 11.6. The minimum absolute atomic E-state index is 0.0528. The highest BCUT2D eigenvalue weighted by molar-refractivity contribution is 5.73. The van der Waals surface area contributed by atoms with E-state index in [0.717, 1.165) is 12.1 Å². The van der Waals surface area contributed by atoms with Crippen LogP contribution in [0.5, 0.6) is 0 Å². The molecule has 0 saturated heterocycles. The maximum Gasteiger partial charge on any atom is 0.315 e. The number of hydroxylamine groups is 4. The quantitative estimate of drug-likeness (QED) is 0.421. The summed E-state index contributed by atoms with van der Waals surface area (Å²) in [6, 6.07) is 5.38. The topological polar surface area (TPSA) is 72.5 Å². The van der Waals surface area contributed by atoms with Crippen LogP contribution in [0.2, 0.25) is 0 Å². The van der Waals surface area contributed by atoms with Gasteiger partial charge in [0.15, 0.2) is 0 Å². The van der Waals surface area contributed by atoms with Crippen molar-refractivity contribution in [2.24, 2.45) is 0 Å². The largest absolute Gasteiger partial charge is 0.338 e. The summed E-state index contributed by atoms with van der Waals surface area (Å²) in [5, 5.41) is 5.52. The minimum atomic E-state index is -0.209. The standard InChI is InChI=1S/C13H22N4O3/c1-17(19-2,20-3)10-6-9-15-13(18)16-11-12-7-4-5-8-14-12/h4-5,7-8H,6,9-11H2,1-3H3,(H-,15,16,18)/p+1. The van der Waals surface area contributed by atoms with E-state index in [-0.39, 0.29) is 10.8 Å². The molecule has 0 aliphatic rings. The summed E-state index contributed by atoms with van der Waals surface area (Å²) >= 11 is 0. The molecule has 7 heteroatoms. The van der Waals surface area contributed by atoms with Crippen LogP contribution in [0.3, 0.4) is 0 Å². The minimum Gasteiger partial charge on any atom is -0.338 e. The van der Waals surface area contributed by atoms with Crippen LogP contribution in [0.1, 0.15) is 12.1 Å². The average Bonchev–Trinajstić information content (AvgIpc) is 2.50. The van der Waals surface area contributed by atoms with Crippen LogP contribution in [0.15, 0.2) is 24.4 Å². The number of rotatable bonds is 8. The first-order valence-corrected chi connectivity index (χ1v) is 6.48. The van der Waals surface area contributed by atoms with Crippen molar-refractivity contribution in [1.82, 2.24) is 15.6 Å². The lowest BCUT2D eigenvalue weighted by atomic mass is 10.3. The number of aromatic nitrogens is 1. The lowest BCUT2D eigenvalue weighted by Crippen LogP contribution is -2.44. The highest BCUT2D eigenvalue weighted by atomic mass is 17.0. The molecule has 2 amide bonds. The fourth-order valence-corrected chi connectivity index (χ4v) is 1.56. The van der Waals surface area contributed by atoms with Gasteiger partial charge in [0.2, 0.25) is 0 Å². The molecule has 0 fully saturated rings. The van der Waals surface area contributed by atoms with Crippen LogP contribution >= 0.6 is 0 Å². The van der Waals surface area contributed by atoms with Crippen LogP contribution in [0, 0.1) is 0 Å². The second-order valence-corrected chi connectivity index (χ2v) is 4.39. The Hall–Kier alpha value is -1.70. The van der Waals surface area contributed by atoms with Crippen molar-refractivity contribution in [3.05, 3.63) is 30.1 Å². The van der Waals surface area contributed by atoms with E-state index in [1.54, 1.807) is 27.5 Å². The fraction of sp³-hybridized carbons (Fsp3) is 0.538. The summed E-state index contributed by atoms with van der Waals surface area (Å²) in [5.74, 6) is 0. The first-order valence-electron chi connectivity index (χ1n) is 6.48. The molecule has 20 heavy (non-hydrogen) atoms. The molecule has 0 saturated carbocycles. The van der Waals surface area contributed by atoms with Gasteiger partial charge in [-0.25, -0.2) is 4.79 Å². The van der Waals surface area contributed by atoms with Gasteiger partial charge in [0.1, 0.15) is 13.6 Å². The number of urea groups is 1. The number of quaternary nitrogens is 1. The third-order valence-electron chi connectivity index (χ3n) is 2.96. The second kappa shape index (κ2) is 8.47. The number of carbonyl (C=O) groups is 1. The molecule has 1 aromatic rings. The van der Waals surface area contributed by atoms with Crippen LogP contribution in [-0.2, 0) is 16.2 Å². The molecule has 7 nitrogen and oxygen atoms in total. The molecular formula is C13H23N4O3+. The van der Waals surface area contributed by atoms with E-state index in [1.165, 1.54) is 0 Å². The first kappa shape index (κ1) is 16.4. The highest BCUT2D eigenvalue weighted by Gasteiger charge is 2.21. The Morgan fingerprint density at radius 1 is 1.30 bits per heavy atom. The van der Waals surface area contributed by atoms with Gasteiger partial charge in [0, 0.05) is 19.2 Å². The number of nitrogens with one attached hydrogen (secondary N) is 2. The van der Waals surface area contributed by atoms with E-state index >= 15 is 0 Å². The average molecular weight is 283 g/mol. The number of nitrogens with zero attached hydrogens (tertiary/aromatic N) is 2. The number of pyridine rings is 1. The van der Waals surface area contributed by atoms with Gasteiger partial charge in [-0.2, -0.15) is 9.68 Å². The number of carbonyl (C=O) groups excluding carboxylic acids is 1. The molecule has 0 atom stereocenters. The van der Waals surface area contributed by atoms with Crippen LogP contribution < -0.4 is 10.6 Å². The van der Waals surface area contributed by atoms with E-state index in [0.29, 0.717) is 19.6 Å². The third kappa shape index (κ3) is 5.96. The Kier molecular flexibility index (Phi) is 6.92.